The Labute approximate surface area is 193 Å². The van der Waals surface area contributed by atoms with Gasteiger partial charge < -0.3 is 10.6 Å². The highest BCUT2D eigenvalue weighted by atomic mass is 32.2. The molecule has 3 aromatic carbocycles. The number of amides is 2. The second kappa shape index (κ2) is 9.46. The van der Waals surface area contributed by atoms with Gasteiger partial charge in [-0.05, 0) is 72.9 Å². The summed E-state index contributed by atoms with van der Waals surface area (Å²) in [6.07, 6.45) is 2.46. The van der Waals surface area contributed by atoms with Gasteiger partial charge in [-0.25, -0.2) is 8.42 Å². The van der Waals surface area contributed by atoms with Crippen LogP contribution in [0.4, 0.5) is 11.4 Å². The largest absolute Gasteiger partial charge is 0.366 e. The lowest BCUT2D eigenvalue weighted by Gasteiger charge is -2.30. The standard InChI is InChI=1S/C25H25N3O4S/c26-25(30)19-11-8-18(9-12-19)10-15-24(29)28-16-4-5-20-17-21(13-14-23(20)28)27-33(31,32)22-6-2-1-3-7-22/h1-3,6-9,11-14,17,27H,4-5,10,15-16H2,(H2,26,30). The summed E-state index contributed by atoms with van der Waals surface area (Å²) in [6.45, 7) is 0.627. The van der Waals surface area contributed by atoms with Crippen LogP contribution in [0.2, 0.25) is 0 Å². The second-order valence-corrected chi connectivity index (χ2v) is 9.65. The van der Waals surface area contributed by atoms with Crippen LogP contribution in [-0.4, -0.2) is 26.8 Å². The number of nitrogens with zero attached hydrogens (tertiary/aromatic N) is 1. The minimum atomic E-state index is -3.68. The molecule has 0 bridgehead atoms. The molecule has 1 aliphatic heterocycles. The molecule has 2 amide bonds. The molecule has 1 aliphatic rings. The van der Waals surface area contributed by atoms with Gasteiger partial charge in [-0.1, -0.05) is 30.3 Å². The predicted molar refractivity (Wildman–Crippen MR) is 128 cm³/mol. The molecule has 33 heavy (non-hydrogen) atoms. The first-order valence-corrected chi connectivity index (χ1v) is 12.2. The molecule has 0 unspecified atom stereocenters. The zero-order valence-electron chi connectivity index (χ0n) is 18.0. The smallest absolute Gasteiger partial charge is 0.261 e. The fourth-order valence-corrected chi connectivity index (χ4v) is 5.03. The van der Waals surface area contributed by atoms with Gasteiger partial charge in [-0.15, -0.1) is 0 Å². The molecule has 3 aromatic rings. The highest BCUT2D eigenvalue weighted by Crippen LogP contribution is 2.31. The van der Waals surface area contributed by atoms with Crippen LogP contribution in [0.1, 0.15) is 34.3 Å². The number of hydrogen-bond donors (Lipinski definition) is 2. The number of rotatable bonds is 7. The molecule has 3 N–H and O–H groups in total. The molecule has 4 rings (SSSR count). The van der Waals surface area contributed by atoms with Crippen LogP contribution in [0.3, 0.4) is 0 Å². The number of carbonyl (C=O) groups is 2. The maximum atomic E-state index is 12.9. The molecule has 8 heteroatoms. The summed E-state index contributed by atoms with van der Waals surface area (Å²) in [7, 11) is -3.68. The zero-order valence-corrected chi connectivity index (χ0v) is 18.8. The fraction of sp³-hybridized carbons (Fsp3) is 0.200. The van der Waals surface area contributed by atoms with Crippen molar-refractivity contribution in [1.82, 2.24) is 0 Å². The Morgan fingerprint density at radius 3 is 2.39 bits per heavy atom. The number of benzene rings is 3. The van der Waals surface area contributed by atoms with Crippen molar-refractivity contribution in [2.45, 2.75) is 30.6 Å². The van der Waals surface area contributed by atoms with Gasteiger partial charge in [0.1, 0.15) is 0 Å². The van der Waals surface area contributed by atoms with E-state index in [2.05, 4.69) is 4.72 Å². The molecular weight excluding hydrogens is 438 g/mol. The van der Waals surface area contributed by atoms with Gasteiger partial charge in [0, 0.05) is 29.9 Å². The zero-order chi connectivity index (χ0) is 23.4. The first-order chi connectivity index (χ1) is 15.8. The SMILES string of the molecule is NC(=O)c1ccc(CCC(=O)N2CCCc3cc(NS(=O)(=O)c4ccccc4)ccc32)cc1. The van der Waals surface area contributed by atoms with E-state index in [-0.39, 0.29) is 10.8 Å². The van der Waals surface area contributed by atoms with E-state index in [1.165, 1.54) is 0 Å². The summed E-state index contributed by atoms with van der Waals surface area (Å²) in [5.74, 6) is -0.472. The Hall–Kier alpha value is -3.65. The molecule has 7 nitrogen and oxygen atoms in total. The van der Waals surface area contributed by atoms with Crippen LogP contribution >= 0.6 is 0 Å². The quantitative estimate of drug-likeness (QED) is 0.559. The molecule has 0 fully saturated rings. The number of aryl methyl sites for hydroxylation is 2. The van der Waals surface area contributed by atoms with Crippen LogP contribution in [0, 0.1) is 0 Å². The average Bonchev–Trinajstić information content (AvgIpc) is 2.82. The molecule has 0 atom stereocenters. The van der Waals surface area contributed by atoms with Gasteiger partial charge in [-0.2, -0.15) is 0 Å². The third-order valence-corrected chi connectivity index (χ3v) is 7.07. The van der Waals surface area contributed by atoms with E-state index in [0.717, 1.165) is 29.7 Å². The van der Waals surface area contributed by atoms with E-state index in [4.69, 9.17) is 5.73 Å². The van der Waals surface area contributed by atoms with Crippen LogP contribution < -0.4 is 15.4 Å². The fourth-order valence-electron chi connectivity index (χ4n) is 3.96. The van der Waals surface area contributed by atoms with Gasteiger partial charge in [-0.3, -0.25) is 14.3 Å². The van der Waals surface area contributed by atoms with Gasteiger partial charge in [0.25, 0.3) is 10.0 Å². The normalized spacial score (nSPS) is 13.3. The topological polar surface area (TPSA) is 110 Å². The molecule has 0 spiro atoms. The molecule has 0 saturated carbocycles. The lowest BCUT2D eigenvalue weighted by molar-refractivity contribution is -0.118. The highest BCUT2D eigenvalue weighted by molar-refractivity contribution is 7.92. The summed E-state index contributed by atoms with van der Waals surface area (Å²) < 4.78 is 27.9. The van der Waals surface area contributed by atoms with E-state index in [1.54, 1.807) is 65.6 Å². The van der Waals surface area contributed by atoms with Crippen molar-refractivity contribution in [3.63, 3.8) is 0 Å². The number of hydrogen-bond acceptors (Lipinski definition) is 4. The van der Waals surface area contributed by atoms with Crippen molar-refractivity contribution < 1.29 is 18.0 Å². The average molecular weight is 464 g/mol. The van der Waals surface area contributed by atoms with Gasteiger partial charge in [0.15, 0.2) is 0 Å². The summed E-state index contributed by atoms with van der Waals surface area (Å²) >= 11 is 0. The van der Waals surface area contributed by atoms with Crippen molar-refractivity contribution in [1.29, 1.82) is 0 Å². The van der Waals surface area contributed by atoms with E-state index in [0.29, 0.717) is 30.6 Å². The number of sulfonamides is 1. The predicted octanol–water partition coefficient (Wildman–Crippen LogP) is 3.50. The molecule has 1 heterocycles. The summed E-state index contributed by atoms with van der Waals surface area (Å²) in [6, 6.07) is 20.4. The summed E-state index contributed by atoms with van der Waals surface area (Å²) in [4.78, 5) is 26.1. The Morgan fingerprint density at radius 2 is 1.70 bits per heavy atom. The van der Waals surface area contributed by atoms with Gasteiger partial charge >= 0.3 is 0 Å². The minimum absolute atomic E-state index is 0.00699. The number of anilines is 2. The molecule has 0 aliphatic carbocycles. The first kappa shape index (κ1) is 22.5. The number of primary amides is 1. The van der Waals surface area contributed by atoms with Crippen molar-refractivity contribution in [3.05, 3.63) is 89.5 Å². The van der Waals surface area contributed by atoms with Crippen molar-refractivity contribution in [2.75, 3.05) is 16.2 Å². The van der Waals surface area contributed by atoms with Crippen LogP contribution in [0.25, 0.3) is 0 Å². The third kappa shape index (κ3) is 5.23. The Balaban J connectivity index is 1.45. The number of nitrogens with one attached hydrogen (secondary N) is 1. The lowest BCUT2D eigenvalue weighted by atomic mass is 10.00. The second-order valence-electron chi connectivity index (χ2n) is 7.97. The summed E-state index contributed by atoms with van der Waals surface area (Å²) in [5.41, 5.74) is 8.89. The van der Waals surface area contributed by atoms with Gasteiger partial charge in [0.2, 0.25) is 11.8 Å². The maximum Gasteiger partial charge on any atom is 0.261 e. The third-order valence-electron chi connectivity index (χ3n) is 5.67. The van der Waals surface area contributed by atoms with Crippen molar-refractivity contribution in [2.24, 2.45) is 5.73 Å². The monoisotopic (exact) mass is 463 g/mol. The first-order valence-electron chi connectivity index (χ1n) is 10.7. The van der Waals surface area contributed by atoms with E-state index in [1.807, 2.05) is 12.1 Å². The van der Waals surface area contributed by atoms with Crippen molar-refractivity contribution in [3.8, 4) is 0 Å². The molecule has 0 aromatic heterocycles. The maximum absolute atomic E-state index is 12.9. The van der Waals surface area contributed by atoms with E-state index in [9.17, 15) is 18.0 Å². The van der Waals surface area contributed by atoms with E-state index >= 15 is 0 Å². The molecule has 170 valence electrons. The molecule has 0 radical (unpaired) electrons. The van der Waals surface area contributed by atoms with Gasteiger partial charge in [0.05, 0.1) is 4.90 Å². The molecule has 0 saturated heterocycles. The van der Waals surface area contributed by atoms with Crippen LogP contribution in [0.5, 0.6) is 0 Å². The van der Waals surface area contributed by atoms with Crippen molar-refractivity contribution >= 4 is 33.2 Å². The lowest BCUT2D eigenvalue weighted by Crippen LogP contribution is -2.35. The number of carbonyl (C=O) groups excluding carboxylic acids is 2. The van der Waals surface area contributed by atoms with E-state index < -0.39 is 15.9 Å². The number of fused-ring (bicyclic) bond motifs is 1. The van der Waals surface area contributed by atoms with Crippen LogP contribution in [-0.2, 0) is 27.7 Å². The Kier molecular flexibility index (Phi) is 6.46. The highest BCUT2D eigenvalue weighted by Gasteiger charge is 2.23. The summed E-state index contributed by atoms with van der Waals surface area (Å²) in [5, 5.41) is 0. The Morgan fingerprint density at radius 1 is 0.970 bits per heavy atom. The molecular formula is C25H25N3O4S. The number of nitrogens with two attached hydrogens (primary N) is 1. The van der Waals surface area contributed by atoms with Crippen LogP contribution in [0.15, 0.2) is 77.7 Å². The minimum Gasteiger partial charge on any atom is -0.366 e. The Bertz CT molecular complexity index is 1270.